The molecule has 1 fully saturated rings. The lowest BCUT2D eigenvalue weighted by Crippen LogP contribution is -2.60. The molecule has 8 nitrogen and oxygen atoms in total. The molecule has 0 radical (unpaired) electrons. The summed E-state index contributed by atoms with van der Waals surface area (Å²) in [6, 6.07) is 7.85. The highest BCUT2D eigenvalue weighted by atomic mass is 19.1. The Bertz CT molecular complexity index is 899. The van der Waals surface area contributed by atoms with Crippen LogP contribution in [0.5, 0.6) is 0 Å². The van der Waals surface area contributed by atoms with Gasteiger partial charge in [-0.15, -0.1) is 0 Å². The maximum Gasteiger partial charge on any atom is 0.192 e. The van der Waals surface area contributed by atoms with Gasteiger partial charge in [0.25, 0.3) is 0 Å². The van der Waals surface area contributed by atoms with Crippen LogP contribution in [0.4, 0.5) is 4.39 Å². The number of hydrogen-bond donors (Lipinski definition) is 3. The topological polar surface area (TPSA) is 109 Å². The largest absolute Gasteiger partial charge is 0.384 e. The van der Waals surface area contributed by atoms with Crippen molar-refractivity contribution in [3.63, 3.8) is 0 Å². The van der Waals surface area contributed by atoms with E-state index >= 15 is 0 Å². The first kappa shape index (κ1) is 18.5. The summed E-state index contributed by atoms with van der Waals surface area (Å²) in [6.45, 7) is 3.71. The van der Waals surface area contributed by atoms with Crippen LogP contribution in [-0.4, -0.2) is 59.8 Å². The predicted octanol–water partition coefficient (Wildman–Crippen LogP) is 0.685. The first-order valence-corrected chi connectivity index (χ1v) is 9.19. The lowest BCUT2D eigenvalue weighted by Gasteiger charge is -2.40. The van der Waals surface area contributed by atoms with Gasteiger partial charge in [-0.1, -0.05) is 5.16 Å². The summed E-state index contributed by atoms with van der Waals surface area (Å²) in [7, 11) is 2.10. The molecule has 4 rings (SSSR count). The highest BCUT2D eigenvalue weighted by molar-refractivity contribution is 5.92. The number of halogens is 1. The second kappa shape index (κ2) is 7.25. The molecule has 0 saturated carbocycles. The summed E-state index contributed by atoms with van der Waals surface area (Å²) in [5.41, 5.74) is 13.9. The van der Waals surface area contributed by atoms with Crippen LogP contribution in [-0.2, 0) is 6.42 Å². The minimum absolute atomic E-state index is 0.271. The van der Waals surface area contributed by atoms with E-state index in [1.54, 1.807) is 24.3 Å². The van der Waals surface area contributed by atoms with Crippen LogP contribution in [0.1, 0.15) is 5.76 Å². The lowest BCUT2D eigenvalue weighted by atomic mass is 10.1. The van der Waals surface area contributed by atoms with E-state index in [4.69, 9.17) is 16.0 Å². The summed E-state index contributed by atoms with van der Waals surface area (Å²) in [4.78, 5) is 8.87. The second-order valence-electron chi connectivity index (χ2n) is 7.27. The minimum atomic E-state index is -1.13. The van der Waals surface area contributed by atoms with Gasteiger partial charge in [0.2, 0.25) is 0 Å². The number of hydrogen-bond acceptors (Lipinski definition) is 8. The van der Waals surface area contributed by atoms with Crippen molar-refractivity contribution in [2.24, 2.45) is 16.5 Å². The standard InChI is InChI=1S/C19H24FN7O/c1-26-6-8-27(9-7-26)18-11-17(21)23-19(22,24-18)12-15-10-16(25-28-15)13-2-4-14(20)5-3-13/h2-5,10-11,24H,6-9,12,22H2,1H3,(H2,21,23). The molecular weight excluding hydrogens is 361 g/mol. The third-order valence-electron chi connectivity index (χ3n) is 4.94. The Morgan fingerprint density at radius 3 is 2.64 bits per heavy atom. The number of nitrogens with zero attached hydrogens (tertiary/aromatic N) is 4. The van der Waals surface area contributed by atoms with Crippen LogP contribution in [0, 0.1) is 5.82 Å². The molecule has 0 aliphatic carbocycles. The summed E-state index contributed by atoms with van der Waals surface area (Å²) in [5.74, 6) is 0.366. The van der Waals surface area contributed by atoms with Crippen LogP contribution in [0.2, 0.25) is 0 Å². The van der Waals surface area contributed by atoms with E-state index < -0.39 is 5.79 Å². The van der Waals surface area contributed by atoms with Crippen LogP contribution >= 0.6 is 0 Å². The van der Waals surface area contributed by atoms with Gasteiger partial charge in [0.05, 0.1) is 6.42 Å². The number of likely N-dealkylation sites (N-methyl/N-ethyl adjacent to an activating group) is 1. The molecule has 0 amide bonds. The van der Waals surface area contributed by atoms with Crippen LogP contribution in [0.15, 0.2) is 51.7 Å². The number of nitrogens with one attached hydrogen (secondary N) is 1. The fourth-order valence-corrected chi connectivity index (χ4v) is 3.41. The fraction of sp³-hybridized carbons (Fsp3) is 0.368. The lowest BCUT2D eigenvalue weighted by molar-refractivity contribution is 0.164. The van der Waals surface area contributed by atoms with Gasteiger partial charge in [-0.05, 0) is 31.3 Å². The molecule has 2 aromatic rings. The highest BCUT2D eigenvalue weighted by Gasteiger charge is 2.32. The van der Waals surface area contributed by atoms with Crippen molar-refractivity contribution in [2.45, 2.75) is 12.2 Å². The number of benzene rings is 1. The number of amidine groups is 1. The van der Waals surface area contributed by atoms with E-state index in [1.807, 2.05) is 0 Å². The number of rotatable bonds is 4. The van der Waals surface area contributed by atoms with Gasteiger partial charge in [-0.25, -0.2) is 9.38 Å². The molecule has 0 bridgehead atoms. The highest BCUT2D eigenvalue weighted by Crippen LogP contribution is 2.23. The van der Waals surface area contributed by atoms with Crippen LogP contribution in [0.3, 0.4) is 0 Å². The van der Waals surface area contributed by atoms with Crippen molar-refractivity contribution in [3.05, 3.63) is 53.8 Å². The minimum Gasteiger partial charge on any atom is -0.384 e. The van der Waals surface area contributed by atoms with Gasteiger partial charge >= 0.3 is 0 Å². The molecule has 28 heavy (non-hydrogen) atoms. The van der Waals surface area contributed by atoms with Crippen LogP contribution in [0.25, 0.3) is 11.3 Å². The molecule has 1 saturated heterocycles. The Morgan fingerprint density at radius 1 is 1.21 bits per heavy atom. The first-order valence-electron chi connectivity index (χ1n) is 9.19. The van der Waals surface area contributed by atoms with Crippen molar-refractivity contribution < 1.29 is 8.91 Å². The van der Waals surface area contributed by atoms with Gasteiger partial charge in [-0.3, -0.25) is 5.73 Å². The average molecular weight is 385 g/mol. The molecule has 2 aliphatic rings. The van der Waals surface area contributed by atoms with Gasteiger partial charge in [0.15, 0.2) is 5.79 Å². The summed E-state index contributed by atoms with van der Waals surface area (Å²) in [6.07, 6.45) is 2.08. The monoisotopic (exact) mass is 385 g/mol. The zero-order valence-corrected chi connectivity index (χ0v) is 15.7. The zero-order chi connectivity index (χ0) is 19.7. The quantitative estimate of drug-likeness (QED) is 0.710. The van der Waals surface area contributed by atoms with Gasteiger partial charge in [0.1, 0.15) is 28.9 Å². The molecule has 3 heterocycles. The summed E-state index contributed by atoms with van der Waals surface area (Å²) in [5, 5.41) is 7.35. The molecule has 1 unspecified atom stereocenters. The molecule has 1 aromatic carbocycles. The fourth-order valence-electron chi connectivity index (χ4n) is 3.41. The van der Waals surface area contributed by atoms with Gasteiger partial charge < -0.3 is 25.4 Å². The molecular formula is C19H24FN7O. The van der Waals surface area contributed by atoms with Crippen molar-refractivity contribution in [1.82, 2.24) is 20.3 Å². The van der Waals surface area contributed by atoms with E-state index in [0.29, 0.717) is 17.3 Å². The number of nitrogens with two attached hydrogens (primary N) is 2. The van der Waals surface area contributed by atoms with Gasteiger partial charge in [0, 0.05) is 43.9 Å². The molecule has 5 N–H and O–H groups in total. The summed E-state index contributed by atoms with van der Waals surface area (Å²) < 4.78 is 18.5. The molecule has 1 aromatic heterocycles. The predicted molar refractivity (Wildman–Crippen MR) is 104 cm³/mol. The van der Waals surface area contributed by atoms with E-state index in [9.17, 15) is 4.39 Å². The Hall–Kier alpha value is -2.91. The van der Waals surface area contributed by atoms with Crippen molar-refractivity contribution in [3.8, 4) is 11.3 Å². The molecule has 9 heteroatoms. The molecule has 1 atom stereocenters. The van der Waals surface area contributed by atoms with Crippen LogP contribution < -0.4 is 16.8 Å². The SMILES string of the molecule is CN1CCN(C2=CC(N)=NC(N)(Cc3cc(-c4ccc(F)cc4)no3)N2)CC1. The smallest absolute Gasteiger partial charge is 0.192 e. The molecule has 2 aliphatic heterocycles. The van der Waals surface area contributed by atoms with E-state index in [1.165, 1.54) is 12.1 Å². The van der Waals surface area contributed by atoms with E-state index in [2.05, 4.69) is 32.3 Å². The average Bonchev–Trinajstić information content (AvgIpc) is 3.10. The maximum atomic E-state index is 13.1. The number of aromatic nitrogens is 1. The normalized spacial score (nSPS) is 23.2. The Morgan fingerprint density at radius 2 is 1.93 bits per heavy atom. The van der Waals surface area contributed by atoms with Crippen molar-refractivity contribution in [2.75, 3.05) is 33.2 Å². The molecule has 0 spiro atoms. The number of piperazine rings is 1. The van der Waals surface area contributed by atoms with Crippen molar-refractivity contribution >= 4 is 5.84 Å². The number of aliphatic imine (C=N–C) groups is 1. The van der Waals surface area contributed by atoms with Gasteiger partial charge in [-0.2, -0.15) is 0 Å². The second-order valence-corrected chi connectivity index (χ2v) is 7.27. The van der Waals surface area contributed by atoms with Crippen molar-refractivity contribution in [1.29, 1.82) is 0 Å². The van der Waals surface area contributed by atoms with E-state index in [-0.39, 0.29) is 12.2 Å². The third kappa shape index (κ3) is 4.00. The Kier molecular flexibility index (Phi) is 4.78. The zero-order valence-electron chi connectivity index (χ0n) is 15.7. The third-order valence-corrected chi connectivity index (χ3v) is 4.94. The maximum absolute atomic E-state index is 13.1. The Labute approximate surface area is 162 Å². The van der Waals surface area contributed by atoms with E-state index in [0.717, 1.165) is 37.6 Å². The first-order chi connectivity index (χ1) is 13.4. The summed E-state index contributed by atoms with van der Waals surface area (Å²) >= 11 is 0. The molecule has 148 valence electrons. The Balaban J connectivity index is 1.48.